The number of ether oxygens (including phenoxy) is 2. The molecule has 3 atom stereocenters. The molecule has 0 aromatic carbocycles. The van der Waals surface area contributed by atoms with Crippen LogP contribution in [0.3, 0.4) is 0 Å². The Bertz CT molecular complexity index is 518. The molecule has 0 aromatic heterocycles. The number of esters is 1. The molecule has 0 radical (unpaired) electrons. The fourth-order valence-corrected chi connectivity index (χ4v) is 3.07. The Morgan fingerprint density at radius 1 is 1.29 bits per heavy atom. The minimum atomic E-state index is -5.73. The van der Waals surface area contributed by atoms with Crippen LogP contribution in [0.2, 0.25) is 0 Å². The van der Waals surface area contributed by atoms with E-state index in [0.717, 1.165) is 0 Å². The summed E-state index contributed by atoms with van der Waals surface area (Å²) in [7, 11) is 0. The second-order valence-corrected chi connectivity index (χ2v) is 7.08. The summed E-state index contributed by atoms with van der Waals surface area (Å²) in [6.07, 6.45) is -7.38. The molecule has 2 rings (SSSR count). The van der Waals surface area contributed by atoms with E-state index in [4.69, 9.17) is 4.74 Å². The zero-order chi connectivity index (χ0) is 18.6. The van der Waals surface area contributed by atoms with Gasteiger partial charge in [-0.25, -0.2) is 0 Å². The lowest BCUT2D eigenvalue weighted by molar-refractivity contribution is -0.412. The van der Waals surface area contributed by atoms with Crippen molar-refractivity contribution in [1.29, 1.82) is 0 Å². The first-order valence-corrected chi connectivity index (χ1v) is 7.83. The molecule has 0 spiro atoms. The molecule has 140 valence electrons. The highest BCUT2D eigenvalue weighted by atomic mass is 19.4. The number of hydrogen-bond donors (Lipinski definition) is 1. The Hall–Kier alpha value is -0.960. The fourth-order valence-electron chi connectivity index (χ4n) is 3.07. The van der Waals surface area contributed by atoms with Gasteiger partial charge in [-0.1, -0.05) is 13.3 Å². The maximum Gasteiger partial charge on any atom is 0.449 e. The monoisotopic (exact) mass is 360 g/mol. The van der Waals surface area contributed by atoms with Crippen LogP contribution < -0.4 is 0 Å². The van der Waals surface area contributed by atoms with E-state index >= 15 is 0 Å². The first-order chi connectivity index (χ1) is 10.8. The van der Waals surface area contributed by atoms with Gasteiger partial charge >= 0.3 is 23.9 Å². The number of aliphatic hydroxyl groups is 1. The SMILES string of the molecule is CCC(C)(C)C(=O)OC12CCCCC1OC(O)(C(F)(F)F)C2(F)F. The first kappa shape index (κ1) is 19.4. The van der Waals surface area contributed by atoms with Gasteiger partial charge in [0.15, 0.2) is 0 Å². The number of alkyl halides is 5. The lowest BCUT2D eigenvalue weighted by Crippen LogP contribution is -2.65. The average Bonchev–Trinajstić information content (AvgIpc) is 2.64. The average molecular weight is 360 g/mol. The van der Waals surface area contributed by atoms with Gasteiger partial charge in [0, 0.05) is 0 Å². The van der Waals surface area contributed by atoms with Gasteiger partial charge in [-0.2, -0.15) is 22.0 Å². The van der Waals surface area contributed by atoms with Crippen molar-refractivity contribution in [2.75, 3.05) is 0 Å². The van der Waals surface area contributed by atoms with Crippen LogP contribution in [0.15, 0.2) is 0 Å². The van der Waals surface area contributed by atoms with E-state index in [1.807, 2.05) is 0 Å². The van der Waals surface area contributed by atoms with Crippen molar-refractivity contribution in [3.05, 3.63) is 0 Å². The van der Waals surface area contributed by atoms with Crippen molar-refractivity contribution < 1.29 is 41.3 Å². The molecule has 2 aliphatic rings. The van der Waals surface area contributed by atoms with Gasteiger partial charge in [0.05, 0.1) is 5.41 Å². The molecule has 1 N–H and O–H groups in total. The van der Waals surface area contributed by atoms with Crippen LogP contribution in [0.5, 0.6) is 0 Å². The standard InChI is InChI=1S/C15H21F5O4/c1-4-11(2,3)10(21)24-12-8-6-5-7-9(12)23-14(22,13(12,16)17)15(18,19)20/h9,22H,4-8H2,1-3H3. The lowest BCUT2D eigenvalue weighted by Gasteiger charge is -2.42. The molecule has 0 amide bonds. The summed E-state index contributed by atoms with van der Waals surface area (Å²) in [5, 5.41) is 9.64. The van der Waals surface area contributed by atoms with Crippen LogP contribution in [0.1, 0.15) is 52.9 Å². The molecular formula is C15H21F5O4. The van der Waals surface area contributed by atoms with E-state index in [9.17, 15) is 31.9 Å². The van der Waals surface area contributed by atoms with Crippen LogP contribution in [0.25, 0.3) is 0 Å². The Balaban J connectivity index is 2.49. The van der Waals surface area contributed by atoms with Gasteiger partial charge in [0.25, 0.3) is 0 Å². The Labute approximate surface area is 136 Å². The van der Waals surface area contributed by atoms with Gasteiger partial charge in [-0.15, -0.1) is 0 Å². The van der Waals surface area contributed by atoms with Crippen LogP contribution in [0, 0.1) is 5.41 Å². The zero-order valence-electron chi connectivity index (χ0n) is 13.7. The minimum Gasteiger partial charge on any atom is -0.449 e. The zero-order valence-corrected chi connectivity index (χ0v) is 13.7. The quantitative estimate of drug-likeness (QED) is 0.618. The third kappa shape index (κ3) is 2.42. The maximum absolute atomic E-state index is 14.8. The van der Waals surface area contributed by atoms with Gasteiger partial charge in [-0.05, 0) is 39.5 Å². The Kier molecular flexibility index (Phi) is 4.45. The number of rotatable bonds is 3. The number of halogens is 5. The summed E-state index contributed by atoms with van der Waals surface area (Å²) in [5.41, 5.74) is -3.97. The van der Waals surface area contributed by atoms with E-state index < -0.39 is 47.4 Å². The molecule has 1 heterocycles. The highest BCUT2D eigenvalue weighted by molar-refractivity contribution is 5.76. The van der Waals surface area contributed by atoms with Crippen molar-refractivity contribution in [3.8, 4) is 0 Å². The van der Waals surface area contributed by atoms with Crippen molar-refractivity contribution in [1.82, 2.24) is 0 Å². The van der Waals surface area contributed by atoms with Crippen molar-refractivity contribution in [2.45, 2.75) is 82.5 Å². The third-order valence-electron chi connectivity index (χ3n) is 5.15. The van der Waals surface area contributed by atoms with Gasteiger partial charge in [0.2, 0.25) is 5.60 Å². The van der Waals surface area contributed by atoms with Crippen molar-refractivity contribution in [3.63, 3.8) is 0 Å². The molecule has 0 aromatic rings. The maximum atomic E-state index is 14.8. The number of carbonyl (C=O) groups is 1. The summed E-state index contributed by atoms with van der Waals surface area (Å²) in [4.78, 5) is 12.3. The number of hydrogen-bond acceptors (Lipinski definition) is 4. The molecular weight excluding hydrogens is 339 g/mol. The van der Waals surface area contributed by atoms with Crippen LogP contribution >= 0.6 is 0 Å². The van der Waals surface area contributed by atoms with Gasteiger partial charge < -0.3 is 14.6 Å². The molecule has 1 aliphatic heterocycles. The normalized spacial score (nSPS) is 36.3. The van der Waals surface area contributed by atoms with Crippen LogP contribution in [0.4, 0.5) is 22.0 Å². The topological polar surface area (TPSA) is 55.8 Å². The largest absolute Gasteiger partial charge is 0.449 e. The second-order valence-electron chi connectivity index (χ2n) is 7.08. The van der Waals surface area contributed by atoms with E-state index in [0.29, 0.717) is 6.42 Å². The predicted octanol–water partition coefficient (Wildman–Crippen LogP) is 3.56. The van der Waals surface area contributed by atoms with Gasteiger partial charge in [-0.3, -0.25) is 4.79 Å². The summed E-state index contributed by atoms with van der Waals surface area (Å²) in [6, 6.07) is 0. The molecule has 4 nitrogen and oxygen atoms in total. The highest BCUT2D eigenvalue weighted by Gasteiger charge is 2.86. The fraction of sp³-hybridized carbons (Fsp3) is 0.933. The number of fused-ring (bicyclic) bond motifs is 1. The summed E-state index contributed by atoms with van der Waals surface area (Å²) in [6.45, 7) is 4.54. The Morgan fingerprint density at radius 3 is 2.38 bits per heavy atom. The first-order valence-electron chi connectivity index (χ1n) is 7.83. The predicted molar refractivity (Wildman–Crippen MR) is 72.2 cm³/mol. The van der Waals surface area contributed by atoms with Crippen LogP contribution in [-0.2, 0) is 14.3 Å². The molecule has 3 unspecified atom stereocenters. The molecule has 1 aliphatic carbocycles. The summed E-state index contributed by atoms with van der Waals surface area (Å²) >= 11 is 0. The second kappa shape index (κ2) is 5.52. The highest BCUT2D eigenvalue weighted by Crippen LogP contribution is 2.61. The van der Waals surface area contributed by atoms with Gasteiger partial charge in [0.1, 0.15) is 6.10 Å². The molecule has 24 heavy (non-hydrogen) atoms. The van der Waals surface area contributed by atoms with Crippen molar-refractivity contribution >= 4 is 5.97 Å². The van der Waals surface area contributed by atoms with E-state index in [1.165, 1.54) is 13.8 Å². The molecule has 2 fully saturated rings. The lowest BCUT2D eigenvalue weighted by atomic mass is 9.77. The minimum absolute atomic E-state index is 0.142. The molecule has 0 bridgehead atoms. The van der Waals surface area contributed by atoms with E-state index in [-0.39, 0.29) is 19.3 Å². The summed E-state index contributed by atoms with van der Waals surface area (Å²) in [5.74, 6) is -10.5. The van der Waals surface area contributed by atoms with Crippen molar-refractivity contribution in [2.24, 2.45) is 5.41 Å². The number of carbonyl (C=O) groups excluding carboxylic acids is 1. The van der Waals surface area contributed by atoms with E-state index in [1.54, 1.807) is 6.92 Å². The summed E-state index contributed by atoms with van der Waals surface area (Å²) < 4.78 is 78.2. The molecule has 9 heteroatoms. The van der Waals surface area contributed by atoms with Crippen LogP contribution in [-0.4, -0.2) is 40.7 Å². The Morgan fingerprint density at radius 2 is 1.88 bits per heavy atom. The molecule has 1 saturated heterocycles. The smallest absolute Gasteiger partial charge is 0.449 e. The third-order valence-corrected chi connectivity index (χ3v) is 5.15. The van der Waals surface area contributed by atoms with E-state index in [2.05, 4.69) is 4.74 Å². The molecule has 1 saturated carbocycles.